The van der Waals surface area contributed by atoms with Crippen LogP contribution in [-0.2, 0) is 16.4 Å². The molecule has 0 atom stereocenters. The predicted octanol–water partition coefficient (Wildman–Crippen LogP) is 1.83. The predicted molar refractivity (Wildman–Crippen MR) is 126 cm³/mol. The Kier molecular flexibility index (Phi) is 9.48. The zero-order valence-corrected chi connectivity index (χ0v) is 20.6. The van der Waals surface area contributed by atoms with E-state index in [-0.39, 0.29) is 29.7 Å². The number of guanidine groups is 1. The van der Waals surface area contributed by atoms with Crippen LogP contribution in [0.25, 0.3) is 0 Å². The third kappa shape index (κ3) is 6.77. The van der Waals surface area contributed by atoms with Crippen molar-refractivity contribution < 1.29 is 13.2 Å². The Bertz CT molecular complexity index is 766. The minimum atomic E-state index is -3.07. The van der Waals surface area contributed by atoms with Crippen molar-refractivity contribution in [1.29, 1.82) is 0 Å². The van der Waals surface area contributed by atoms with Gasteiger partial charge in [0.2, 0.25) is 0 Å². The summed E-state index contributed by atoms with van der Waals surface area (Å²) >= 11 is 0. The standard InChI is InChI=1S/C19H32N4O3S.HI/c1-19(2)15-23(10-12-27(19,24)25)18(20-3)21-14-16-7-6-8-17(13-16)26-11-9-22(4)5;/h6-8,13H,9-12,14-15H2,1-5H3,(H,20,21);1H. The summed E-state index contributed by atoms with van der Waals surface area (Å²) in [5, 5.41) is 3.34. The number of ether oxygens (including phenoxy) is 1. The number of aliphatic imine (C=N–C) groups is 1. The van der Waals surface area contributed by atoms with Gasteiger partial charge < -0.3 is 19.9 Å². The Morgan fingerprint density at radius 1 is 1.36 bits per heavy atom. The maximum absolute atomic E-state index is 12.2. The Labute approximate surface area is 186 Å². The van der Waals surface area contributed by atoms with E-state index in [1.807, 2.05) is 43.3 Å². The summed E-state index contributed by atoms with van der Waals surface area (Å²) in [6.45, 7) is 6.54. The van der Waals surface area contributed by atoms with Crippen LogP contribution in [-0.4, -0.2) is 82.1 Å². The van der Waals surface area contributed by atoms with Crippen LogP contribution in [0.3, 0.4) is 0 Å². The maximum Gasteiger partial charge on any atom is 0.193 e. The van der Waals surface area contributed by atoms with Crippen LogP contribution < -0.4 is 10.1 Å². The second-order valence-electron chi connectivity index (χ2n) is 7.70. The molecule has 9 heteroatoms. The van der Waals surface area contributed by atoms with Gasteiger partial charge in [0.15, 0.2) is 15.8 Å². The quantitative estimate of drug-likeness (QED) is 0.348. The van der Waals surface area contributed by atoms with Gasteiger partial charge in [-0.3, -0.25) is 4.99 Å². The van der Waals surface area contributed by atoms with E-state index in [1.54, 1.807) is 20.9 Å². The number of rotatable bonds is 6. The Balaban J connectivity index is 0.00000392. The van der Waals surface area contributed by atoms with Gasteiger partial charge in [-0.05, 0) is 45.6 Å². The molecule has 1 saturated heterocycles. The summed E-state index contributed by atoms with van der Waals surface area (Å²) in [5.41, 5.74) is 1.09. The van der Waals surface area contributed by atoms with E-state index >= 15 is 0 Å². The molecule has 0 radical (unpaired) electrons. The summed E-state index contributed by atoms with van der Waals surface area (Å²) in [4.78, 5) is 8.42. The lowest BCUT2D eigenvalue weighted by molar-refractivity contribution is 0.261. The minimum Gasteiger partial charge on any atom is -0.492 e. The Morgan fingerprint density at radius 3 is 2.68 bits per heavy atom. The van der Waals surface area contributed by atoms with E-state index in [2.05, 4.69) is 15.2 Å². The van der Waals surface area contributed by atoms with Crippen LogP contribution in [0.15, 0.2) is 29.3 Å². The summed E-state index contributed by atoms with van der Waals surface area (Å²) in [7, 11) is 2.69. The molecule has 1 aromatic carbocycles. The third-order valence-corrected chi connectivity index (χ3v) is 7.24. The van der Waals surface area contributed by atoms with Crippen LogP contribution in [0.4, 0.5) is 0 Å². The van der Waals surface area contributed by atoms with E-state index in [0.717, 1.165) is 23.8 Å². The summed E-state index contributed by atoms with van der Waals surface area (Å²) < 4.78 is 29.4. The van der Waals surface area contributed by atoms with Gasteiger partial charge in [-0.25, -0.2) is 8.42 Å². The highest BCUT2D eigenvalue weighted by Gasteiger charge is 2.40. The van der Waals surface area contributed by atoms with Crippen LogP contribution in [0.1, 0.15) is 19.4 Å². The minimum absolute atomic E-state index is 0. The molecule has 7 nitrogen and oxygen atoms in total. The normalized spacial score (nSPS) is 18.5. The number of halogens is 1. The van der Waals surface area contributed by atoms with E-state index in [0.29, 0.717) is 26.2 Å². The van der Waals surface area contributed by atoms with Crippen LogP contribution in [0.5, 0.6) is 5.75 Å². The summed E-state index contributed by atoms with van der Waals surface area (Å²) in [6, 6.07) is 7.97. The number of nitrogens with one attached hydrogen (secondary N) is 1. The van der Waals surface area contributed by atoms with Crippen molar-refractivity contribution in [2.24, 2.45) is 4.99 Å². The van der Waals surface area contributed by atoms with Gasteiger partial charge in [-0.15, -0.1) is 24.0 Å². The van der Waals surface area contributed by atoms with Gasteiger partial charge in [0.1, 0.15) is 12.4 Å². The zero-order valence-electron chi connectivity index (χ0n) is 17.4. The number of benzene rings is 1. The number of hydrogen-bond donors (Lipinski definition) is 1. The zero-order chi connectivity index (χ0) is 20.1. The fraction of sp³-hybridized carbons (Fsp3) is 0.632. The molecule has 2 rings (SSSR count). The maximum atomic E-state index is 12.2. The van der Waals surface area contributed by atoms with Crippen molar-refractivity contribution in [3.63, 3.8) is 0 Å². The smallest absolute Gasteiger partial charge is 0.193 e. The first kappa shape index (κ1) is 25.0. The molecule has 0 bridgehead atoms. The second kappa shape index (κ2) is 10.6. The fourth-order valence-corrected chi connectivity index (χ4v) is 4.30. The van der Waals surface area contributed by atoms with Gasteiger partial charge in [-0.2, -0.15) is 0 Å². The molecule has 28 heavy (non-hydrogen) atoms. The average molecular weight is 524 g/mol. The lowest BCUT2D eigenvalue weighted by Gasteiger charge is -2.39. The third-order valence-electron chi connectivity index (χ3n) is 4.71. The molecule has 1 N–H and O–H groups in total. The van der Waals surface area contributed by atoms with Gasteiger partial charge in [-0.1, -0.05) is 12.1 Å². The molecule has 0 spiro atoms. The van der Waals surface area contributed by atoms with Crippen molar-refractivity contribution in [3.05, 3.63) is 29.8 Å². The average Bonchev–Trinajstić information content (AvgIpc) is 2.58. The van der Waals surface area contributed by atoms with Gasteiger partial charge >= 0.3 is 0 Å². The summed E-state index contributed by atoms with van der Waals surface area (Å²) in [6.07, 6.45) is 0. The molecular weight excluding hydrogens is 491 g/mol. The first-order valence-electron chi connectivity index (χ1n) is 9.19. The van der Waals surface area contributed by atoms with Crippen molar-refractivity contribution in [2.45, 2.75) is 25.1 Å². The van der Waals surface area contributed by atoms with Crippen molar-refractivity contribution >= 4 is 39.8 Å². The molecule has 1 fully saturated rings. The van der Waals surface area contributed by atoms with Gasteiger partial charge in [0.25, 0.3) is 0 Å². The fourth-order valence-electron chi connectivity index (χ4n) is 2.93. The monoisotopic (exact) mass is 524 g/mol. The van der Waals surface area contributed by atoms with Crippen LogP contribution in [0, 0.1) is 0 Å². The molecular formula is C19H33IN4O3S. The lowest BCUT2D eigenvalue weighted by atomic mass is 10.2. The topological polar surface area (TPSA) is 74.2 Å². The molecule has 160 valence electrons. The second-order valence-corrected chi connectivity index (χ2v) is 10.4. The molecule has 0 unspecified atom stereocenters. The van der Waals surface area contributed by atoms with Crippen LogP contribution >= 0.6 is 24.0 Å². The number of sulfone groups is 1. The van der Waals surface area contributed by atoms with Crippen molar-refractivity contribution in [3.8, 4) is 5.75 Å². The molecule has 1 aromatic rings. The molecule has 0 aromatic heterocycles. The molecule has 0 aliphatic carbocycles. The van der Waals surface area contributed by atoms with Gasteiger partial charge in [0, 0.05) is 33.2 Å². The van der Waals surface area contributed by atoms with Crippen molar-refractivity contribution in [1.82, 2.24) is 15.1 Å². The SMILES string of the molecule is CN=C(NCc1cccc(OCCN(C)C)c1)N1CCS(=O)(=O)C(C)(C)C1.I. The highest BCUT2D eigenvalue weighted by Crippen LogP contribution is 2.23. The number of hydrogen-bond acceptors (Lipinski definition) is 5. The molecule has 1 heterocycles. The Hall–Kier alpha value is -1.07. The first-order chi connectivity index (χ1) is 12.6. The number of nitrogens with zero attached hydrogens (tertiary/aromatic N) is 3. The number of likely N-dealkylation sites (N-methyl/N-ethyl adjacent to an activating group) is 1. The highest BCUT2D eigenvalue weighted by molar-refractivity contribution is 14.0. The van der Waals surface area contributed by atoms with Gasteiger partial charge in [0.05, 0.1) is 10.5 Å². The summed E-state index contributed by atoms with van der Waals surface area (Å²) in [5.74, 6) is 1.71. The Morgan fingerprint density at radius 2 is 2.07 bits per heavy atom. The molecule has 1 aliphatic rings. The van der Waals surface area contributed by atoms with E-state index in [9.17, 15) is 8.42 Å². The molecule has 0 amide bonds. The molecule has 0 saturated carbocycles. The largest absolute Gasteiger partial charge is 0.492 e. The van der Waals surface area contributed by atoms with E-state index < -0.39 is 14.6 Å². The lowest BCUT2D eigenvalue weighted by Crippen LogP contribution is -2.57. The first-order valence-corrected chi connectivity index (χ1v) is 10.8. The van der Waals surface area contributed by atoms with E-state index in [1.165, 1.54) is 0 Å². The molecule has 1 aliphatic heterocycles. The highest BCUT2D eigenvalue weighted by atomic mass is 127. The van der Waals surface area contributed by atoms with Crippen LogP contribution in [0.2, 0.25) is 0 Å². The van der Waals surface area contributed by atoms with E-state index in [4.69, 9.17) is 4.74 Å². The van der Waals surface area contributed by atoms with Crippen molar-refractivity contribution in [2.75, 3.05) is 53.1 Å².